The van der Waals surface area contributed by atoms with Gasteiger partial charge in [-0.25, -0.2) is 0 Å². The van der Waals surface area contributed by atoms with Gasteiger partial charge in [-0.05, 0) is 30.5 Å². The van der Waals surface area contributed by atoms with Crippen molar-refractivity contribution in [3.63, 3.8) is 0 Å². The molecule has 1 rings (SSSR count). The summed E-state index contributed by atoms with van der Waals surface area (Å²) in [6, 6.07) is 5.95. The van der Waals surface area contributed by atoms with Gasteiger partial charge < -0.3 is 20.1 Å². The number of hydrogen-bond acceptors (Lipinski definition) is 3. The van der Waals surface area contributed by atoms with Crippen molar-refractivity contribution in [1.29, 1.82) is 0 Å². The molecule has 2 N–H and O–H groups in total. The Labute approximate surface area is 148 Å². The second kappa shape index (κ2) is 11.3. The highest BCUT2D eigenvalue weighted by Crippen LogP contribution is 2.22. The zero-order valence-electron chi connectivity index (χ0n) is 14.5. The van der Waals surface area contributed by atoms with E-state index in [4.69, 9.17) is 9.47 Å². The van der Waals surface area contributed by atoms with Gasteiger partial charge in [-0.15, -0.1) is 0 Å². The van der Waals surface area contributed by atoms with Crippen LogP contribution >= 0.6 is 15.9 Å². The van der Waals surface area contributed by atoms with Gasteiger partial charge in [0.25, 0.3) is 0 Å². The van der Waals surface area contributed by atoms with Crippen molar-refractivity contribution in [2.75, 3.05) is 33.9 Å². The van der Waals surface area contributed by atoms with Crippen molar-refractivity contribution < 1.29 is 9.47 Å². The number of hydrogen-bond donors (Lipinski definition) is 2. The second-order valence-electron chi connectivity index (χ2n) is 5.63. The summed E-state index contributed by atoms with van der Waals surface area (Å²) in [5, 5.41) is 6.58. The van der Waals surface area contributed by atoms with Gasteiger partial charge in [0, 0.05) is 43.4 Å². The summed E-state index contributed by atoms with van der Waals surface area (Å²) >= 11 is 3.48. The maximum Gasteiger partial charge on any atom is 0.191 e. The molecule has 0 amide bonds. The fraction of sp³-hybridized carbons (Fsp3) is 0.588. The molecule has 23 heavy (non-hydrogen) atoms. The summed E-state index contributed by atoms with van der Waals surface area (Å²) in [5.41, 5.74) is 1.07. The van der Waals surface area contributed by atoms with Crippen molar-refractivity contribution in [3.8, 4) is 5.75 Å². The summed E-state index contributed by atoms with van der Waals surface area (Å²) in [6.07, 6.45) is 0.952. The molecule has 0 bridgehead atoms. The van der Waals surface area contributed by atoms with Crippen molar-refractivity contribution >= 4 is 21.9 Å². The summed E-state index contributed by atoms with van der Waals surface area (Å²) in [5.74, 6) is 2.21. The molecule has 1 aromatic rings. The van der Waals surface area contributed by atoms with Crippen LogP contribution in [0.15, 0.2) is 27.7 Å². The van der Waals surface area contributed by atoms with Gasteiger partial charge in [0.15, 0.2) is 5.96 Å². The van der Waals surface area contributed by atoms with Crippen LogP contribution in [-0.2, 0) is 11.3 Å². The Morgan fingerprint density at radius 1 is 1.30 bits per heavy atom. The molecule has 0 aliphatic rings. The van der Waals surface area contributed by atoms with E-state index >= 15 is 0 Å². The van der Waals surface area contributed by atoms with E-state index in [0.717, 1.165) is 47.9 Å². The lowest BCUT2D eigenvalue weighted by Gasteiger charge is -2.14. The lowest BCUT2D eigenvalue weighted by Crippen LogP contribution is -2.37. The first-order valence-electron chi connectivity index (χ1n) is 7.91. The topological polar surface area (TPSA) is 54.9 Å². The van der Waals surface area contributed by atoms with E-state index < -0.39 is 0 Å². The number of benzene rings is 1. The van der Waals surface area contributed by atoms with Crippen molar-refractivity contribution in [1.82, 2.24) is 10.6 Å². The van der Waals surface area contributed by atoms with Crippen molar-refractivity contribution in [2.24, 2.45) is 10.9 Å². The molecule has 0 radical (unpaired) electrons. The van der Waals surface area contributed by atoms with Crippen molar-refractivity contribution in [2.45, 2.75) is 26.8 Å². The predicted octanol–water partition coefficient (Wildman–Crippen LogP) is 3.19. The minimum absolute atomic E-state index is 0.581. The third-order valence-electron chi connectivity index (χ3n) is 3.12. The molecule has 0 fully saturated rings. The molecule has 1 aromatic carbocycles. The summed E-state index contributed by atoms with van der Waals surface area (Å²) in [6.45, 7) is 7.36. The maximum atomic E-state index is 5.56. The van der Waals surface area contributed by atoms with Crippen molar-refractivity contribution in [3.05, 3.63) is 28.2 Å². The number of aliphatic imine (C=N–C) groups is 1. The second-order valence-corrected chi connectivity index (χ2v) is 6.55. The molecule has 0 aliphatic heterocycles. The van der Waals surface area contributed by atoms with Crippen LogP contribution in [0.4, 0.5) is 0 Å². The fourth-order valence-electron chi connectivity index (χ4n) is 1.98. The van der Waals surface area contributed by atoms with E-state index in [-0.39, 0.29) is 0 Å². The monoisotopic (exact) mass is 385 g/mol. The van der Waals surface area contributed by atoms with Crippen LogP contribution < -0.4 is 15.4 Å². The molecule has 0 saturated carbocycles. The molecule has 5 nitrogen and oxygen atoms in total. The average Bonchev–Trinajstić information content (AvgIpc) is 2.53. The molecule has 0 heterocycles. The minimum atomic E-state index is 0.581. The van der Waals surface area contributed by atoms with Gasteiger partial charge >= 0.3 is 0 Å². The SMILES string of the molecule is CN=C(NCCCOCC(C)C)NCc1cc(Br)ccc1OC. The van der Waals surface area contributed by atoms with Crippen LogP contribution in [0.5, 0.6) is 5.75 Å². The lowest BCUT2D eigenvalue weighted by atomic mass is 10.2. The number of ether oxygens (including phenoxy) is 2. The number of nitrogens with zero attached hydrogens (tertiary/aromatic N) is 1. The van der Waals surface area contributed by atoms with Crippen LogP contribution in [-0.4, -0.2) is 39.9 Å². The van der Waals surface area contributed by atoms with E-state index in [0.29, 0.717) is 12.5 Å². The van der Waals surface area contributed by atoms with Crippen LogP contribution in [0, 0.1) is 5.92 Å². The van der Waals surface area contributed by atoms with E-state index in [1.54, 1.807) is 14.2 Å². The zero-order valence-corrected chi connectivity index (χ0v) is 16.1. The van der Waals surface area contributed by atoms with Gasteiger partial charge in [0.2, 0.25) is 0 Å². The predicted molar refractivity (Wildman–Crippen MR) is 99.2 cm³/mol. The highest BCUT2D eigenvalue weighted by atomic mass is 79.9. The Morgan fingerprint density at radius 3 is 2.74 bits per heavy atom. The molecular formula is C17H28BrN3O2. The Morgan fingerprint density at radius 2 is 2.09 bits per heavy atom. The first-order chi connectivity index (χ1) is 11.1. The van der Waals surface area contributed by atoms with Crippen LogP contribution in [0.1, 0.15) is 25.8 Å². The number of methoxy groups -OCH3 is 1. The zero-order chi connectivity index (χ0) is 17.1. The number of guanidine groups is 1. The summed E-state index contributed by atoms with van der Waals surface area (Å²) in [4.78, 5) is 4.23. The van der Waals surface area contributed by atoms with E-state index in [9.17, 15) is 0 Å². The maximum absolute atomic E-state index is 5.56. The highest BCUT2D eigenvalue weighted by Gasteiger charge is 2.05. The van der Waals surface area contributed by atoms with E-state index in [2.05, 4.69) is 45.4 Å². The molecule has 0 aliphatic carbocycles. The summed E-state index contributed by atoms with van der Waals surface area (Å²) in [7, 11) is 3.44. The third-order valence-corrected chi connectivity index (χ3v) is 3.61. The first kappa shape index (κ1) is 19.8. The molecule has 6 heteroatoms. The number of halogens is 1. The minimum Gasteiger partial charge on any atom is -0.496 e. The smallest absolute Gasteiger partial charge is 0.191 e. The van der Waals surface area contributed by atoms with Gasteiger partial charge in [0.05, 0.1) is 7.11 Å². The molecule has 0 atom stereocenters. The Kier molecular flexibility index (Phi) is 9.71. The third kappa shape index (κ3) is 8.23. The highest BCUT2D eigenvalue weighted by molar-refractivity contribution is 9.10. The summed E-state index contributed by atoms with van der Waals surface area (Å²) < 4.78 is 12.0. The normalized spacial score (nSPS) is 11.7. The molecule has 0 unspecified atom stereocenters. The van der Waals surface area contributed by atoms with Crippen LogP contribution in [0.2, 0.25) is 0 Å². The fourth-order valence-corrected chi connectivity index (χ4v) is 2.39. The quantitative estimate of drug-likeness (QED) is 0.389. The van der Waals surface area contributed by atoms with Gasteiger partial charge in [-0.1, -0.05) is 29.8 Å². The van der Waals surface area contributed by atoms with Crippen LogP contribution in [0.25, 0.3) is 0 Å². The number of rotatable bonds is 9. The molecule has 0 aromatic heterocycles. The van der Waals surface area contributed by atoms with Gasteiger partial charge in [-0.3, -0.25) is 4.99 Å². The average molecular weight is 386 g/mol. The Hall–Kier alpha value is -1.27. The molecule has 0 spiro atoms. The largest absolute Gasteiger partial charge is 0.496 e. The molecule has 130 valence electrons. The van der Waals surface area contributed by atoms with Gasteiger partial charge in [0.1, 0.15) is 5.75 Å². The Balaban J connectivity index is 2.33. The lowest BCUT2D eigenvalue weighted by molar-refractivity contribution is 0.108. The molecule has 0 saturated heterocycles. The molecular weight excluding hydrogens is 358 g/mol. The number of nitrogens with one attached hydrogen (secondary N) is 2. The van der Waals surface area contributed by atoms with E-state index in [1.807, 2.05) is 18.2 Å². The Bertz CT molecular complexity index is 493. The van der Waals surface area contributed by atoms with Crippen LogP contribution in [0.3, 0.4) is 0 Å². The standard InChI is InChI=1S/C17H28BrN3O2/c1-13(2)12-23-9-5-8-20-17(19-3)21-11-14-10-15(18)6-7-16(14)22-4/h6-7,10,13H,5,8-9,11-12H2,1-4H3,(H2,19,20,21). The van der Waals surface area contributed by atoms with Gasteiger partial charge in [-0.2, -0.15) is 0 Å². The van der Waals surface area contributed by atoms with E-state index in [1.165, 1.54) is 0 Å². The first-order valence-corrected chi connectivity index (χ1v) is 8.70.